The lowest BCUT2D eigenvalue weighted by atomic mass is 10.1. The molecule has 0 aliphatic rings. The molecule has 10 heteroatoms. The zero-order chi connectivity index (χ0) is 20.5. The molecule has 0 saturated heterocycles. The first-order valence-electron chi connectivity index (χ1n) is 7.92. The average molecular weight is 411 g/mol. The van der Waals surface area contributed by atoms with Gasteiger partial charge in [-0.05, 0) is 24.3 Å². The van der Waals surface area contributed by atoms with Crippen molar-refractivity contribution in [1.29, 1.82) is 0 Å². The minimum atomic E-state index is -4.57. The molecule has 0 atom stereocenters. The Kier molecular flexibility index (Phi) is 5.28. The molecule has 1 N–H and O–H groups in total. The Morgan fingerprint density at radius 3 is 2.57 bits per heavy atom. The Morgan fingerprint density at radius 2 is 1.96 bits per heavy atom. The molecule has 2 heterocycles. The smallest absolute Gasteiger partial charge is 0.435 e. The number of aryl methyl sites for hydroxylation is 1. The third kappa shape index (κ3) is 3.94. The summed E-state index contributed by atoms with van der Waals surface area (Å²) in [5.41, 5.74) is -0.176. The lowest BCUT2D eigenvalue weighted by Gasteiger charge is -2.11. The lowest BCUT2D eigenvalue weighted by molar-refractivity contribution is -0.141. The van der Waals surface area contributed by atoms with Crippen LogP contribution in [0.3, 0.4) is 0 Å². The van der Waals surface area contributed by atoms with E-state index in [1.165, 1.54) is 26.4 Å². The number of carbonyl (C=O) groups excluding carboxylic acids is 1. The number of ether oxygens (including phenoxy) is 1. The predicted molar refractivity (Wildman–Crippen MR) is 97.4 cm³/mol. The maximum absolute atomic E-state index is 12.9. The number of halogens is 4. The monoisotopic (exact) mass is 410 g/mol. The van der Waals surface area contributed by atoms with Crippen molar-refractivity contribution in [3.8, 4) is 17.0 Å². The number of rotatable bonds is 4. The first-order chi connectivity index (χ1) is 13.2. The highest BCUT2D eigenvalue weighted by molar-refractivity contribution is 6.33. The Morgan fingerprint density at radius 1 is 1.25 bits per heavy atom. The standard InChI is InChI=1S/C18H14ClF3N4O2/c1-26-13(8-15(25-26)18(20,21)22)10-7-14(28-2)16(23-9-10)17(27)24-12-6-4-3-5-11(12)19/h3-9H,1-2H3,(H,24,27). The van der Waals surface area contributed by atoms with E-state index in [-0.39, 0.29) is 17.1 Å². The van der Waals surface area contributed by atoms with Crippen LogP contribution in [0.5, 0.6) is 5.75 Å². The first-order valence-corrected chi connectivity index (χ1v) is 8.30. The van der Waals surface area contributed by atoms with E-state index in [1.807, 2.05) is 0 Å². The maximum atomic E-state index is 12.9. The fourth-order valence-corrected chi connectivity index (χ4v) is 2.71. The lowest BCUT2D eigenvalue weighted by Crippen LogP contribution is -2.15. The SMILES string of the molecule is COc1cc(-c2cc(C(F)(F)F)nn2C)cnc1C(=O)Nc1ccccc1Cl. The number of nitrogens with one attached hydrogen (secondary N) is 1. The minimum absolute atomic E-state index is 0.0376. The number of anilines is 1. The number of nitrogens with zero attached hydrogens (tertiary/aromatic N) is 3. The van der Waals surface area contributed by atoms with Crippen molar-refractivity contribution < 1.29 is 22.7 Å². The summed E-state index contributed by atoms with van der Waals surface area (Å²) >= 11 is 6.02. The van der Waals surface area contributed by atoms with E-state index < -0.39 is 17.8 Å². The highest BCUT2D eigenvalue weighted by Gasteiger charge is 2.34. The Bertz CT molecular complexity index is 1030. The van der Waals surface area contributed by atoms with Gasteiger partial charge in [-0.25, -0.2) is 4.98 Å². The molecule has 3 aromatic rings. The van der Waals surface area contributed by atoms with E-state index in [9.17, 15) is 18.0 Å². The van der Waals surface area contributed by atoms with E-state index >= 15 is 0 Å². The van der Waals surface area contributed by atoms with Crippen molar-refractivity contribution in [1.82, 2.24) is 14.8 Å². The average Bonchev–Trinajstić information content (AvgIpc) is 3.05. The molecule has 0 aliphatic heterocycles. The van der Waals surface area contributed by atoms with Gasteiger partial charge in [-0.15, -0.1) is 0 Å². The molecule has 1 aromatic carbocycles. The number of hydrogen-bond acceptors (Lipinski definition) is 4. The van der Waals surface area contributed by atoms with Crippen LogP contribution >= 0.6 is 11.6 Å². The van der Waals surface area contributed by atoms with Gasteiger partial charge in [0.2, 0.25) is 0 Å². The van der Waals surface area contributed by atoms with Crippen LogP contribution in [-0.4, -0.2) is 27.8 Å². The van der Waals surface area contributed by atoms with Gasteiger partial charge >= 0.3 is 6.18 Å². The van der Waals surface area contributed by atoms with Gasteiger partial charge < -0.3 is 10.1 Å². The molecule has 28 heavy (non-hydrogen) atoms. The van der Waals surface area contributed by atoms with E-state index in [1.54, 1.807) is 24.3 Å². The minimum Gasteiger partial charge on any atom is -0.494 e. The van der Waals surface area contributed by atoms with E-state index in [2.05, 4.69) is 15.4 Å². The Balaban J connectivity index is 1.94. The summed E-state index contributed by atoms with van der Waals surface area (Å²) in [6, 6.07) is 8.98. The fraction of sp³-hybridized carbons (Fsp3) is 0.167. The van der Waals surface area contributed by atoms with Crippen LogP contribution in [0, 0.1) is 0 Å². The van der Waals surface area contributed by atoms with E-state index in [0.29, 0.717) is 16.3 Å². The van der Waals surface area contributed by atoms with Crippen LogP contribution in [0.15, 0.2) is 42.6 Å². The third-order valence-corrected chi connectivity index (χ3v) is 4.21. The zero-order valence-corrected chi connectivity index (χ0v) is 15.5. The molecule has 0 saturated carbocycles. The van der Waals surface area contributed by atoms with Gasteiger partial charge in [0.25, 0.3) is 5.91 Å². The predicted octanol–water partition coefficient (Wildman–Crippen LogP) is 4.42. The second-order valence-corrected chi connectivity index (χ2v) is 6.15. The number of carbonyl (C=O) groups is 1. The molecular weight excluding hydrogens is 397 g/mol. The number of aromatic nitrogens is 3. The number of para-hydroxylation sites is 1. The normalized spacial score (nSPS) is 11.4. The fourth-order valence-electron chi connectivity index (χ4n) is 2.53. The summed E-state index contributed by atoms with van der Waals surface area (Å²) in [5, 5.41) is 6.43. The largest absolute Gasteiger partial charge is 0.494 e. The number of benzene rings is 1. The molecule has 0 bridgehead atoms. The van der Waals surface area contributed by atoms with Crippen molar-refractivity contribution >= 4 is 23.2 Å². The van der Waals surface area contributed by atoms with Crippen molar-refractivity contribution in [2.75, 3.05) is 12.4 Å². The van der Waals surface area contributed by atoms with Crippen LogP contribution in [0.4, 0.5) is 18.9 Å². The molecule has 0 radical (unpaired) electrons. The van der Waals surface area contributed by atoms with Crippen molar-refractivity contribution in [3.63, 3.8) is 0 Å². The maximum Gasteiger partial charge on any atom is 0.435 e. The molecule has 6 nitrogen and oxygen atoms in total. The topological polar surface area (TPSA) is 69.0 Å². The van der Waals surface area contributed by atoms with Gasteiger partial charge in [-0.1, -0.05) is 23.7 Å². The molecule has 0 unspecified atom stereocenters. The van der Waals surface area contributed by atoms with Crippen LogP contribution in [0.25, 0.3) is 11.3 Å². The molecule has 0 aliphatic carbocycles. The number of amides is 1. The van der Waals surface area contributed by atoms with Crippen molar-refractivity contribution in [3.05, 3.63) is 59.0 Å². The number of methoxy groups -OCH3 is 1. The van der Waals surface area contributed by atoms with Gasteiger partial charge in [-0.3, -0.25) is 9.48 Å². The van der Waals surface area contributed by atoms with Gasteiger partial charge in [0, 0.05) is 18.8 Å². The Hall–Kier alpha value is -3.07. The summed E-state index contributed by atoms with van der Waals surface area (Å²) in [6.07, 6.45) is -3.29. The summed E-state index contributed by atoms with van der Waals surface area (Å²) < 4.78 is 44.9. The van der Waals surface area contributed by atoms with E-state index in [4.69, 9.17) is 16.3 Å². The molecule has 3 rings (SSSR count). The van der Waals surface area contributed by atoms with Crippen molar-refractivity contribution in [2.24, 2.45) is 7.05 Å². The zero-order valence-electron chi connectivity index (χ0n) is 14.7. The summed E-state index contributed by atoms with van der Waals surface area (Å²) in [6.45, 7) is 0. The second kappa shape index (κ2) is 7.51. The Labute approximate surface area is 162 Å². The van der Waals surface area contributed by atoms with Crippen LogP contribution in [-0.2, 0) is 13.2 Å². The highest BCUT2D eigenvalue weighted by Crippen LogP contribution is 2.33. The molecule has 0 fully saturated rings. The third-order valence-electron chi connectivity index (χ3n) is 3.88. The van der Waals surface area contributed by atoms with Crippen molar-refractivity contribution in [2.45, 2.75) is 6.18 Å². The van der Waals surface area contributed by atoms with Gasteiger partial charge in [0.1, 0.15) is 0 Å². The number of alkyl halides is 3. The van der Waals surface area contributed by atoms with Gasteiger partial charge in [0.05, 0.1) is 23.5 Å². The van der Waals surface area contributed by atoms with Crippen LogP contribution in [0.2, 0.25) is 5.02 Å². The molecule has 2 aromatic heterocycles. The van der Waals surface area contributed by atoms with Crippen LogP contribution in [0.1, 0.15) is 16.2 Å². The first kappa shape index (κ1) is 19.7. The molecule has 0 spiro atoms. The van der Waals surface area contributed by atoms with Gasteiger partial charge in [0.15, 0.2) is 17.1 Å². The summed E-state index contributed by atoms with van der Waals surface area (Å²) in [5.74, 6) is -0.478. The van der Waals surface area contributed by atoms with E-state index in [0.717, 1.165) is 10.7 Å². The molecule has 1 amide bonds. The van der Waals surface area contributed by atoms with Crippen LogP contribution < -0.4 is 10.1 Å². The molecular formula is C18H14ClF3N4O2. The number of pyridine rings is 1. The number of hydrogen-bond donors (Lipinski definition) is 1. The highest BCUT2D eigenvalue weighted by atomic mass is 35.5. The summed E-state index contributed by atoms with van der Waals surface area (Å²) in [7, 11) is 2.71. The summed E-state index contributed by atoms with van der Waals surface area (Å²) in [4.78, 5) is 16.6. The second-order valence-electron chi connectivity index (χ2n) is 5.75. The van der Waals surface area contributed by atoms with Gasteiger partial charge in [-0.2, -0.15) is 18.3 Å². The molecule has 146 valence electrons. The quantitative estimate of drug-likeness (QED) is 0.691.